The number of aromatic amines is 1. The van der Waals surface area contributed by atoms with E-state index in [2.05, 4.69) is 21.4 Å². The van der Waals surface area contributed by atoms with Gasteiger partial charge in [0.2, 0.25) is 4.77 Å². The lowest BCUT2D eigenvalue weighted by atomic mass is 10.2. The van der Waals surface area contributed by atoms with Crippen LogP contribution in [-0.4, -0.2) is 34.8 Å². The number of ether oxygens (including phenoxy) is 2. The minimum atomic E-state index is 0.459. The lowest BCUT2D eigenvalue weighted by Gasteiger charge is -2.09. The Labute approximate surface area is 154 Å². The molecule has 0 bridgehead atoms. The molecular formula is C17H18N4O2S2. The van der Waals surface area contributed by atoms with Gasteiger partial charge in [0.1, 0.15) is 0 Å². The first-order valence-electron chi connectivity index (χ1n) is 7.75. The van der Waals surface area contributed by atoms with Crippen molar-refractivity contribution in [3.63, 3.8) is 0 Å². The number of rotatable bonds is 7. The number of nitrogens with one attached hydrogen (secondary N) is 1. The molecule has 0 aliphatic heterocycles. The van der Waals surface area contributed by atoms with Crippen LogP contribution in [0.5, 0.6) is 11.5 Å². The van der Waals surface area contributed by atoms with Crippen molar-refractivity contribution in [3.8, 4) is 11.5 Å². The quantitative estimate of drug-likeness (QED) is 0.503. The van der Waals surface area contributed by atoms with Crippen molar-refractivity contribution >= 4 is 29.8 Å². The molecule has 3 rings (SSSR count). The Balaban J connectivity index is 1.85. The van der Waals surface area contributed by atoms with E-state index in [-0.39, 0.29) is 0 Å². The predicted molar refractivity (Wildman–Crippen MR) is 102 cm³/mol. The summed E-state index contributed by atoms with van der Waals surface area (Å²) in [5.41, 5.74) is 0.880. The molecule has 1 N–H and O–H groups in total. The molecule has 130 valence electrons. The average molecular weight is 374 g/mol. The zero-order valence-corrected chi connectivity index (χ0v) is 15.6. The second-order valence-corrected chi connectivity index (χ2v) is 6.52. The summed E-state index contributed by atoms with van der Waals surface area (Å²) in [6, 6.07) is 9.73. The molecule has 0 saturated heterocycles. The highest BCUT2D eigenvalue weighted by atomic mass is 32.1. The fourth-order valence-corrected chi connectivity index (χ4v) is 3.19. The van der Waals surface area contributed by atoms with Crippen LogP contribution in [0.3, 0.4) is 0 Å². The fraction of sp³-hybridized carbons (Fsp3) is 0.235. The van der Waals surface area contributed by atoms with Gasteiger partial charge in [-0.25, -0.2) is 0 Å². The Kier molecular flexibility index (Phi) is 5.62. The van der Waals surface area contributed by atoms with Crippen LogP contribution in [0.4, 0.5) is 0 Å². The van der Waals surface area contributed by atoms with Gasteiger partial charge in [-0.1, -0.05) is 6.07 Å². The first-order chi connectivity index (χ1) is 12.2. The van der Waals surface area contributed by atoms with E-state index in [0.29, 0.717) is 29.3 Å². The zero-order valence-electron chi connectivity index (χ0n) is 13.9. The lowest BCUT2D eigenvalue weighted by molar-refractivity contribution is 0.311. The number of methoxy groups -OCH3 is 1. The summed E-state index contributed by atoms with van der Waals surface area (Å²) >= 11 is 6.96. The minimum Gasteiger partial charge on any atom is -0.493 e. The van der Waals surface area contributed by atoms with E-state index < -0.39 is 0 Å². The second kappa shape index (κ2) is 8.09. The number of benzene rings is 1. The number of hydrogen-bond donors (Lipinski definition) is 1. The molecule has 3 aromatic rings. The Morgan fingerprint density at radius 3 is 2.96 bits per heavy atom. The highest BCUT2D eigenvalue weighted by molar-refractivity contribution is 7.71. The number of thiophene rings is 1. The third-order valence-electron chi connectivity index (χ3n) is 3.44. The van der Waals surface area contributed by atoms with Gasteiger partial charge in [0, 0.05) is 11.3 Å². The molecule has 1 aromatic carbocycles. The van der Waals surface area contributed by atoms with E-state index in [0.717, 1.165) is 11.4 Å². The maximum absolute atomic E-state index is 5.53. The van der Waals surface area contributed by atoms with Gasteiger partial charge in [-0.15, -0.1) is 11.3 Å². The smallest absolute Gasteiger partial charge is 0.216 e. The average Bonchev–Trinajstić information content (AvgIpc) is 3.25. The summed E-state index contributed by atoms with van der Waals surface area (Å²) in [4.78, 5) is 1.20. The van der Waals surface area contributed by atoms with E-state index in [1.807, 2.05) is 36.6 Å². The van der Waals surface area contributed by atoms with E-state index in [1.165, 1.54) is 4.88 Å². The molecule has 0 unspecified atom stereocenters. The topological polar surface area (TPSA) is 64.4 Å². The van der Waals surface area contributed by atoms with Crippen LogP contribution in [0.25, 0.3) is 0 Å². The molecule has 0 atom stereocenters. The number of H-pyrrole nitrogens is 1. The first kappa shape index (κ1) is 17.4. The second-order valence-electron chi connectivity index (χ2n) is 5.10. The van der Waals surface area contributed by atoms with Gasteiger partial charge in [0.25, 0.3) is 0 Å². The van der Waals surface area contributed by atoms with Crippen LogP contribution in [0.1, 0.15) is 23.2 Å². The maximum Gasteiger partial charge on any atom is 0.216 e. The van der Waals surface area contributed by atoms with Gasteiger partial charge in [-0.3, -0.25) is 5.10 Å². The zero-order chi connectivity index (χ0) is 17.6. The molecule has 25 heavy (non-hydrogen) atoms. The standard InChI is InChI=1S/C17H18N4O2S2/c1-3-23-14-7-6-12(9-15(14)22-2)11-18-21-16(19-20-17(21)24)10-13-5-4-8-25-13/h4-9,11H,3,10H2,1-2H3,(H,20,24)/b18-11-. The van der Waals surface area contributed by atoms with Crippen LogP contribution in [0.2, 0.25) is 0 Å². The molecule has 0 saturated carbocycles. The summed E-state index contributed by atoms with van der Waals surface area (Å²) in [7, 11) is 1.62. The van der Waals surface area contributed by atoms with Crippen LogP contribution < -0.4 is 9.47 Å². The first-order valence-corrected chi connectivity index (χ1v) is 9.04. The Bertz CT molecular complexity index is 913. The summed E-state index contributed by atoms with van der Waals surface area (Å²) in [6.07, 6.45) is 2.40. The highest BCUT2D eigenvalue weighted by Gasteiger charge is 2.08. The van der Waals surface area contributed by atoms with Gasteiger partial charge < -0.3 is 9.47 Å². The number of nitrogens with zero attached hydrogens (tertiary/aromatic N) is 3. The van der Waals surface area contributed by atoms with Gasteiger partial charge in [0.15, 0.2) is 17.3 Å². The number of aromatic nitrogens is 3. The molecule has 0 aliphatic rings. The van der Waals surface area contributed by atoms with Crippen LogP contribution in [0, 0.1) is 4.77 Å². The Morgan fingerprint density at radius 2 is 2.24 bits per heavy atom. The molecule has 6 nitrogen and oxygen atoms in total. The summed E-state index contributed by atoms with van der Waals surface area (Å²) in [5, 5.41) is 13.6. The van der Waals surface area contributed by atoms with Crippen LogP contribution >= 0.6 is 23.6 Å². The van der Waals surface area contributed by atoms with E-state index in [1.54, 1.807) is 29.3 Å². The minimum absolute atomic E-state index is 0.459. The van der Waals surface area contributed by atoms with Gasteiger partial charge in [-0.2, -0.15) is 14.9 Å². The van der Waals surface area contributed by atoms with Crippen molar-refractivity contribution in [1.29, 1.82) is 0 Å². The SMILES string of the molecule is CCOc1ccc(/C=N\n2c(Cc3cccs3)n[nH]c2=S)cc1OC. The van der Waals surface area contributed by atoms with Crippen molar-refractivity contribution < 1.29 is 9.47 Å². The monoisotopic (exact) mass is 374 g/mol. The molecule has 0 aliphatic carbocycles. The third kappa shape index (κ3) is 4.15. The Morgan fingerprint density at radius 1 is 1.36 bits per heavy atom. The summed E-state index contributed by atoms with van der Waals surface area (Å²) in [5.74, 6) is 2.14. The van der Waals surface area contributed by atoms with Crippen molar-refractivity contribution in [2.45, 2.75) is 13.3 Å². The van der Waals surface area contributed by atoms with Crippen molar-refractivity contribution in [3.05, 3.63) is 56.7 Å². The van der Waals surface area contributed by atoms with E-state index >= 15 is 0 Å². The molecule has 2 heterocycles. The molecular weight excluding hydrogens is 356 g/mol. The molecule has 0 amide bonds. The fourth-order valence-electron chi connectivity index (χ4n) is 2.29. The maximum atomic E-state index is 5.53. The molecule has 8 heteroatoms. The predicted octanol–water partition coefficient (Wildman–Crippen LogP) is 3.88. The summed E-state index contributed by atoms with van der Waals surface area (Å²) < 4.78 is 13.0. The molecule has 0 radical (unpaired) electrons. The van der Waals surface area contributed by atoms with Crippen LogP contribution in [0.15, 0.2) is 40.8 Å². The van der Waals surface area contributed by atoms with Gasteiger partial charge in [0.05, 0.1) is 19.9 Å². The Hall–Kier alpha value is -2.45. The van der Waals surface area contributed by atoms with Crippen molar-refractivity contribution in [2.75, 3.05) is 13.7 Å². The largest absolute Gasteiger partial charge is 0.493 e. The van der Waals surface area contributed by atoms with Crippen molar-refractivity contribution in [1.82, 2.24) is 14.9 Å². The van der Waals surface area contributed by atoms with Crippen LogP contribution in [-0.2, 0) is 6.42 Å². The van der Waals surface area contributed by atoms with Crippen molar-refractivity contribution in [2.24, 2.45) is 5.10 Å². The van der Waals surface area contributed by atoms with Gasteiger partial charge >= 0.3 is 0 Å². The van der Waals surface area contributed by atoms with Gasteiger partial charge in [-0.05, 0) is 54.4 Å². The molecule has 0 spiro atoms. The molecule has 2 aromatic heterocycles. The molecule has 0 fully saturated rings. The number of hydrogen-bond acceptors (Lipinski definition) is 6. The lowest BCUT2D eigenvalue weighted by Crippen LogP contribution is -2.00. The van der Waals surface area contributed by atoms with E-state index in [4.69, 9.17) is 21.7 Å². The summed E-state index contributed by atoms with van der Waals surface area (Å²) in [6.45, 7) is 2.52. The normalized spacial score (nSPS) is 11.1. The highest BCUT2D eigenvalue weighted by Crippen LogP contribution is 2.27. The third-order valence-corrected chi connectivity index (χ3v) is 4.58. The van der Waals surface area contributed by atoms with E-state index in [9.17, 15) is 0 Å².